The molecule has 0 fully saturated rings. The van der Waals surface area contributed by atoms with Crippen molar-refractivity contribution in [3.63, 3.8) is 0 Å². The van der Waals surface area contributed by atoms with Crippen LogP contribution in [-0.4, -0.2) is 21.7 Å². The molecule has 0 unspecified atom stereocenters. The Labute approximate surface area is 207 Å². The summed E-state index contributed by atoms with van der Waals surface area (Å²) in [5.74, 6) is -0.253. The zero-order valence-electron chi connectivity index (χ0n) is 19.2. The molecule has 5 nitrogen and oxygen atoms in total. The van der Waals surface area contributed by atoms with Gasteiger partial charge in [-0.2, -0.15) is 0 Å². The summed E-state index contributed by atoms with van der Waals surface area (Å²) in [5.41, 5.74) is 4.66. The Kier molecular flexibility index (Phi) is 6.46. The fourth-order valence-electron chi connectivity index (χ4n) is 3.87. The number of fused-ring (bicyclic) bond motifs is 1. The number of hydrogen-bond acceptors (Lipinski definition) is 5. The van der Waals surface area contributed by atoms with Crippen LogP contribution in [0.2, 0.25) is 0 Å². The van der Waals surface area contributed by atoms with Crippen molar-refractivity contribution in [2.45, 2.75) is 19.9 Å². The van der Waals surface area contributed by atoms with Crippen molar-refractivity contribution in [3.8, 4) is 0 Å². The summed E-state index contributed by atoms with van der Waals surface area (Å²) in [4.78, 5) is 37.1. The normalized spacial score (nSPS) is 10.9. The lowest BCUT2D eigenvalue weighted by Gasteiger charge is -2.20. The van der Waals surface area contributed by atoms with Crippen LogP contribution in [-0.2, 0) is 13.0 Å². The molecule has 1 amide bonds. The molecule has 0 aliphatic carbocycles. The Hall–Kier alpha value is -4.16. The van der Waals surface area contributed by atoms with Gasteiger partial charge in [0, 0.05) is 29.1 Å². The number of hydrogen-bond donors (Lipinski definition) is 0. The molecule has 0 saturated carbocycles. The van der Waals surface area contributed by atoms with Crippen molar-refractivity contribution in [2.75, 3.05) is 4.90 Å². The lowest BCUT2D eigenvalue weighted by Crippen LogP contribution is -2.30. The van der Waals surface area contributed by atoms with Gasteiger partial charge in [-0.1, -0.05) is 72.9 Å². The van der Waals surface area contributed by atoms with E-state index in [0.29, 0.717) is 28.4 Å². The molecular weight excluding hydrogens is 454 g/mol. The average molecular weight is 478 g/mol. The van der Waals surface area contributed by atoms with Crippen LogP contribution in [0.15, 0.2) is 97.3 Å². The number of thiazole rings is 1. The minimum Gasteiger partial charge on any atom is -0.289 e. The molecule has 3 aromatic carbocycles. The number of anilines is 1. The maximum absolute atomic E-state index is 13.7. The van der Waals surface area contributed by atoms with Crippen LogP contribution in [0, 0.1) is 0 Å². The van der Waals surface area contributed by atoms with Gasteiger partial charge in [0.15, 0.2) is 10.9 Å². The van der Waals surface area contributed by atoms with Gasteiger partial charge in [-0.3, -0.25) is 19.5 Å². The second kappa shape index (κ2) is 9.99. The third-order valence-corrected chi connectivity index (χ3v) is 6.86. The molecule has 0 spiro atoms. The number of carbonyl (C=O) groups is 2. The molecule has 0 N–H and O–H groups in total. The Morgan fingerprint density at radius 2 is 1.57 bits per heavy atom. The molecule has 0 bridgehead atoms. The maximum atomic E-state index is 13.7. The highest BCUT2D eigenvalue weighted by molar-refractivity contribution is 7.22. The average Bonchev–Trinajstić information content (AvgIpc) is 3.35. The summed E-state index contributed by atoms with van der Waals surface area (Å²) in [6.45, 7) is 2.46. The van der Waals surface area contributed by atoms with Crippen molar-refractivity contribution in [3.05, 3.63) is 125 Å². The van der Waals surface area contributed by atoms with Crippen LogP contribution < -0.4 is 4.90 Å². The van der Waals surface area contributed by atoms with Crippen molar-refractivity contribution < 1.29 is 9.59 Å². The third-order valence-electron chi connectivity index (χ3n) is 5.82. The number of ketones is 1. The quantitative estimate of drug-likeness (QED) is 0.257. The topological polar surface area (TPSA) is 63.2 Å². The van der Waals surface area contributed by atoms with E-state index >= 15 is 0 Å². The Morgan fingerprint density at radius 1 is 0.829 bits per heavy atom. The first-order valence-electron chi connectivity index (χ1n) is 11.4. The van der Waals surface area contributed by atoms with Gasteiger partial charge in [0.2, 0.25) is 0 Å². The van der Waals surface area contributed by atoms with Crippen LogP contribution in [0.4, 0.5) is 5.13 Å². The second-order valence-corrected chi connectivity index (χ2v) is 9.19. The van der Waals surface area contributed by atoms with Gasteiger partial charge >= 0.3 is 0 Å². The first-order chi connectivity index (χ1) is 17.1. The van der Waals surface area contributed by atoms with Gasteiger partial charge in [-0.15, -0.1) is 0 Å². The minimum absolute atomic E-state index is 0.0743. The molecule has 172 valence electrons. The van der Waals surface area contributed by atoms with Crippen LogP contribution in [0.25, 0.3) is 10.2 Å². The molecular formula is C29H23N3O2S. The van der Waals surface area contributed by atoms with E-state index in [9.17, 15) is 9.59 Å². The molecule has 2 aromatic heterocycles. The predicted molar refractivity (Wildman–Crippen MR) is 140 cm³/mol. The number of rotatable bonds is 7. The number of benzene rings is 3. The van der Waals surface area contributed by atoms with E-state index in [1.807, 2.05) is 36.4 Å². The van der Waals surface area contributed by atoms with Gasteiger partial charge < -0.3 is 0 Å². The summed E-state index contributed by atoms with van der Waals surface area (Å²) in [5, 5.41) is 0.631. The monoisotopic (exact) mass is 477 g/mol. The summed E-state index contributed by atoms with van der Waals surface area (Å²) < 4.78 is 1.05. The number of amides is 1. The highest BCUT2D eigenvalue weighted by Gasteiger charge is 2.22. The summed E-state index contributed by atoms with van der Waals surface area (Å²) in [7, 11) is 0. The van der Waals surface area contributed by atoms with E-state index in [1.165, 1.54) is 16.9 Å². The van der Waals surface area contributed by atoms with Crippen LogP contribution in [0.3, 0.4) is 0 Å². The summed E-state index contributed by atoms with van der Waals surface area (Å²) >= 11 is 1.50. The van der Waals surface area contributed by atoms with E-state index in [-0.39, 0.29) is 11.7 Å². The lowest BCUT2D eigenvalue weighted by atomic mass is 10.0. The highest BCUT2D eigenvalue weighted by Crippen LogP contribution is 2.31. The van der Waals surface area contributed by atoms with Gasteiger partial charge in [0.1, 0.15) is 0 Å². The van der Waals surface area contributed by atoms with E-state index < -0.39 is 0 Å². The van der Waals surface area contributed by atoms with Crippen LogP contribution in [0.1, 0.15) is 44.3 Å². The first-order valence-corrected chi connectivity index (χ1v) is 12.2. The molecule has 35 heavy (non-hydrogen) atoms. The van der Waals surface area contributed by atoms with Crippen LogP contribution >= 0.6 is 11.3 Å². The SMILES string of the molecule is CCc1ccc2nc(N(Cc3cccnc3)C(=O)c3ccc(C(=O)c4ccccc4)cc3)sc2c1. The fourth-order valence-corrected chi connectivity index (χ4v) is 4.90. The second-order valence-electron chi connectivity index (χ2n) is 8.18. The third kappa shape index (κ3) is 4.88. The van der Waals surface area contributed by atoms with Gasteiger partial charge in [0.25, 0.3) is 5.91 Å². The number of pyridine rings is 1. The lowest BCUT2D eigenvalue weighted by molar-refractivity contribution is 0.0982. The summed E-state index contributed by atoms with van der Waals surface area (Å²) in [6, 6.07) is 25.9. The van der Waals surface area contributed by atoms with Crippen molar-refractivity contribution in [1.82, 2.24) is 9.97 Å². The molecule has 0 atom stereocenters. The van der Waals surface area contributed by atoms with Crippen LogP contribution in [0.5, 0.6) is 0 Å². The van der Waals surface area contributed by atoms with Crippen molar-refractivity contribution in [1.29, 1.82) is 0 Å². The predicted octanol–water partition coefficient (Wildman–Crippen LogP) is 6.33. The van der Waals surface area contributed by atoms with Gasteiger partial charge in [-0.25, -0.2) is 4.98 Å². The number of nitrogens with zero attached hydrogens (tertiary/aromatic N) is 3. The Morgan fingerprint density at radius 3 is 2.29 bits per heavy atom. The standard InChI is InChI=1S/C29H23N3O2S/c1-2-20-10-15-25-26(17-20)35-29(31-25)32(19-21-7-6-16-30-18-21)28(34)24-13-11-23(12-14-24)27(33)22-8-4-3-5-9-22/h3-18H,2,19H2,1H3. The van der Waals surface area contributed by atoms with E-state index in [1.54, 1.807) is 53.7 Å². The van der Waals surface area contributed by atoms with E-state index in [2.05, 4.69) is 24.0 Å². The Balaban J connectivity index is 1.48. The highest BCUT2D eigenvalue weighted by atomic mass is 32.1. The smallest absolute Gasteiger partial charge is 0.260 e. The number of carbonyl (C=O) groups excluding carboxylic acids is 2. The molecule has 6 heteroatoms. The maximum Gasteiger partial charge on any atom is 0.260 e. The van der Waals surface area contributed by atoms with Gasteiger partial charge in [-0.05, 0) is 47.9 Å². The van der Waals surface area contributed by atoms with E-state index in [4.69, 9.17) is 4.98 Å². The largest absolute Gasteiger partial charge is 0.289 e. The summed E-state index contributed by atoms with van der Waals surface area (Å²) in [6.07, 6.45) is 4.40. The molecule has 0 aliphatic heterocycles. The molecule has 0 aliphatic rings. The Bertz CT molecular complexity index is 1480. The number of aryl methyl sites for hydroxylation is 1. The molecule has 0 radical (unpaired) electrons. The minimum atomic E-state index is -0.178. The van der Waals surface area contributed by atoms with Gasteiger partial charge in [0.05, 0.1) is 16.8 Å². The molecule has 0 saturated heterocycles. The zero-order chi connectivity index (χ0) is 24.2. The van der Waals surface area contributed by atoms with Crippen molar-refractivity contribution >= 4 is 38.4 Å². The first kappa shape index (κ1) is 22.6. The fraction of sp³-hybridized carbons (Fsp3) is 0.103. The molecule has 2 heterocycles. The molecule has 5 aromatic rings. The van der Waals surface area contributed by atoms with E-state index in [0.717, 1.165) is 22.2 Å². The zero-order valence-corrected chi connectivity index (χ0v) is 20.0. The number of aromatic nitrogens is 2. The van der Waals surface area contributed by atoms with Crippen molar-refractivity contribution in [2.24, 2.45) is 0 Å². The molecule has 5 rings (SSSR count).